The Morgan fingerprint density at radius 1 is 0.975 bits per heavy atom. The van der Waals surface area contributed by atoms with Crippen molar-refractivity contribution in [2.24, 2.45) is 22.2 Å². The predicted molar refractivity (Wildman–Crippen MR) is 136 cm³/mol. The summed E-state index contributed by atoms with van der Waals surface area (Å²) in [5.74, 6) is -6.74. The van der Waals surface area contributed by atoms with E-state index < -0.39 is 85.2 Å². The molecule has 1 fully saturated rings. The highest BCUT2D eigenvalue weighted by molar-refractivity contribution is 5.97. The molecular formula is C22H36N8O10. The maximum atomic E-state index is 13.2. The first-order valence-corrected chi connectivity index (χ1v) is 12.3. The van der Waals surface area contributed by atoms with Gasteiger partial charge in [-0.05, 0) is 25.7 Å². The largest absolute Gasteiger partial charge is 0.481 e. The number of rotatable bonds is 17. The smallest absolute Gasteiger partial charge is 0.305 e. The van der Waals surface area contributed by atoms with E-state index in [0.29, 0.717) is 19.1 Å². The summed E-state index contributed by atoms with van der Waals surface area (Å²) in [7, 11) is 0. The molecule has 1 aliphatic rings. The normalized spacial score (nSPS) is 17.4. The van der Waals surface area contributed by atoms with Crippen LogP contribution >= 0.6 is 0 Å². The summed E-state index contributed by atoms with van der Waals surface area (Å²) in [6.07, 6.45) is 0.0628. The van der Waals surface area contributed by atoms with Gasteiger partial charge in [0.15, 0.2) is 5.96 Å². The number of nitrogens with two attached hydrogens (primary N) is 3. The average Bonchev–Trinajstić information content (AvgIpc) is 3.37. The van der Waals surface area contributed by atoms with Crippen LogP contribution in [-0.2, 0) is 33.6 Å². The molecule has 0 aromatic carbocycles. The van der Waals surface area contributed by atoms with E-state index in [4.69, 9.17) is 22.3 Å². The Labute approximate surface area is 228 Å². The van der Waals surface area contributed by atoms with Crippen molar-refractivity contribution in [1.82, 2.24) is 20.9 Å². The third kappa shape index (κ3) is 11.2. The van der Waals surface area contributed by atoms with Crippen LogP contribution < -0.4 is 33.2 Å². The minimum Gasteiger partial charge on any atom is -0.481 e. The average molecular weight is 573 g/mol. The molecule has 1 aliphatic heterocycles. The zero-order valence-electron chi connectivity index (χ0n) is 21.7. The van der Waals surface area contributed by atoms with Crippen LogP contribution in [0.4, 0.5) is 0 Å². The number of nitrogens with zero attached hydrogens (tertiary/aromatic N) is 2. The third-order valence-electron chi connectivity index (χ3n) is 5.84. The molecule has 0 saturated carbocycles. The van der Waals surface area contributed by atoms with Gasteiger partial charge in [0, 0.05) is 13.1 Å². The quantitative estimate of drug-likeness (QED) is 0.0341. The third-order valence-corrected chi connectivity index (χ3v) is 5.84. The number of carboxylic acid groups (broad SMARTS) is 2. The summed E-state index contributed by atoms with van der Waals surface area (Å²) in [5, 5.41) is 34.3. The zero-order valence-corrected chi connectivity index (χ0v) is 21.7. The summed E-state index contributed by atoms with van der Waals surface area (Å²) in [5.41, 5.74) is 15.9. The Bertz CT molecular complexity index is 987. The van der Waals surface area contributed by atoms with Crippen molar-refractivity contribution in [3.8, 4) is 0 Å². The molecule has 1 heterocycles. The Hall–Kier alpha value is -4.32. The molecule has 12 N–H and O–H groups in total. The number of guanidine groups is 1. The summed E-state index contributed by atoms with van der Waals surface area (Å²) < 4.78 is 0. The minimum atomic E-state index is -1.68. The molecule has 224 valence electrons. The van der Waals surface area contributed by atoms with Crippen LogP contribution in [0.25, 0.3) is 0 Å². The molecule has 0 aromatic heterocycles. The summed E-state index contributed by atoms with van der Waals surface area (Å²) in [6, 6.07) is -6.85. The number of aliphatic imine (C=N–C) groups is 1. The first-order valence-electron chi connectivity index (χ1n) is 12.3. The van der Waals surface area contributed by atoms with Crippen LogP contribution in [0.15, 0.2) is 4.99 Å². The lowest BCUT2D eigenvalue weighted by Gasteiger charge is -2.29. The van der Waals surface area contributed by atoms with Gasteiger partial charge in [0.2, 0.25) is 23.6 Å². The Balaban J connectivity index is 2.93. The monoisotopic (exact) mass is 572 g/mol. The van der Waals surface area contributed by atoms with Crippen molar-refractivity contribution in [3.63, 3.8) is 0 Å². The Kier molecular flexibility index (Phi) is 14.0. The van der Waals surface area contributed by atoms with Gasteiger partial charge in [-0.1, -0.05) is 0 Å². The lowest BCUT2D eigenvalue weighted by molar-refractivity contribution is -0.146. The Morgan fingerprint density at radius 3 is 2.15 bits per heavy atom. The summed E-state index contributed by atoms with van der Waals surface area (Å²) in [4.78, 5) is 89.3. The number of carboxylic acids is 2. The fourth-order valence-corrected chi connectivity index (χ4v) is 3.88. The fraction of sp³-hybridized carbons (Fsp3) is 0.636. The van der Waals surface area contributed by atoms with Crippen molar-refractivity contribution in [2.45, 2.75) is 68.7 Å². The number of likely N-dealkylation sites (tertiary alicyclic amines) is 1. The van der Waals surface area contributed by atoms with Gasteiger partial charge in [0.1, 0.15) is 24.4 Å². The second-order valence-corrected chi connectivity index (χ2v) is 9.00. The molecule has 4 amide bonds. The van der Waals surface area contributed by atoms with E-state index in [1.54, 1.807) is 0 Å². The number of hydrogen-bond donors (Lipinski definition) is 9. The molecule has 1 saturated heterocycles. The van der Waals surface area contributed by atoms with Gasteiger partial charge < -0.3 is 58.2 Å². The van der Waals surface area contributed by atoms with Crippen molar-refractivity contribution >= 4 is 47.8 Å². The van der Waals surface area contributed by atoms with Crippen LogP contribution in [-0.4, -0.2) is 118 Å². The molecule has 0 aromatic rings. The number of aldehydes is 1. The molecule has 5 atom stereocenters. The van der Waals surface area contributed by atoms with Crippen molar-refractivity contribution in [3.05, 3.63) is 0 Å². The lowest BCUT2D eigenvalue weighted by atomic mass is 10.1. The molecule has 0 unspecified atom stereocenters. The van der Waals surface area contributed by atoms with E-state index in [9.17, 15) is 43.8 Å². The highest BCUT2D eigenvalue weighted by atomic mass is 16.4. The number of aliphatic carboxylic acids is 2. The summed E-state index contributed by atoms with van der Waals surface area (Å²) >= 11 is 0. The SMILES string of the molecule is NC(N)=NCCC[C@@H](C=O)NC(=O)[C@@H]1CCCN1C(=O)[C@H](CC(=O)O)NC(=O)[C@H](CO)NC(=O)[C@@H](N)CC(=O)O. The molecule has 18 nitrogen and oxygen atoms in total. The van der Waals surface area contributed by atoms with Gasteiger partial charge in [-0.25, -0.2) is 0 Å². The van der Waals surface area contributed by atoms with Gasteiger partial charge >= 0.3 is 11.9 Å². The van der Waals surface area contributed by atoms with Gasteiger partial charge in [-0.3, -0.25) is 33.8 Å². The van der Waals surface area contributed by atoms with Crippen LogP contribution in [0.2, 0.25) is 0 Å². The number of hydrogen-bond acceptors (Lipinski definition) is 10. The maximum Gasteiger partial charge on any atom is 0.305 e. The number of nitrogens with one attached hydrogen (secondary N) is 3. The first kappa shape index (κ1) is 33.7. The first-order chi connectivity index (χ1) is 18.8. The van der Waals surface area contributed by atoms with Gasteiger partial charge in [-0.2, -0.15) is 0 Å². The van der Waals surface area contributed by atoms with Crippen LogP contribution in [0.3, 0.4) is 0 Å². The molecular weight excluding hydrogens is 536 g/mol. The van der Waals surface area contributed by atoms with Crippen LogP contribution in [0, 0.1) is 0 Å². The predicted octanol–water partition coefficient (Wildman–Crippen LogP) is -5.05. The number of carbonyl (C=O) groups excluding carboxylic acids is 5. The highest BCUT2D eigenvalue weighted by Gasteiger charge is 2.39. The summed E-state index contributed by atoms with van der Waals surface area (Å²) in [6.45, 7) is -0.687. The molecule has 0 radical (unpaired) electrons. The van der Waals surface area contributed by atoms with E-state index in [2.05, 4.69) is 15.6 Å². The standard InChI is InChI=1S/C22H36N8O10/c23-12(7-16(33)34)18(37)29-14(10-32)19(38)28-13(8-17(35)36)21(40)30-6-2-4-15(30)20(39)27-11(9-31)3-1-5-26-22(24)25/h9,11-15,32H,1-8,10,23H2,(H,27,39)(H,28,38)(H,29,37)(H,33,34)(H,35,36)(H4,24,25,26)/t11-,12-,13-,14-,15-/m0/s1. The number of aliphatic hydroxyl groups excluding tert-OH is 1. The fourth-order valence-electron chi connectivity index (χ4n) is 3.88. The molecule has 1 rings (SSSR count). The molecule has 0 aliphatic carbocycles. The lowest BCUT2D eigenvalue weighted by Crippen LogP contribution is -2.59. The second-order valence-electron chi connectivity index (χ2n) is 9.00. The number of carbonyl (C=O) groups is 7. The van der Waals surface area contributed by atoms with Crippen molar-refractivity contribution in [1.29, 1.82) is 0 Å². The minimum absolute atomic E-state index is 0.0589. The molecule has 0 spiro atoms. The van der Waals surface area contributed by atoms with E-state index in [-0.39, 0.29) is 31.9 Å². The second kappa shape index (κ2) is 16.6. The van der Waals surface area contributed by atoms with Crippen LogP contribution in [0.1, 0.15) is 38.5 Å². The highest BCUT2D eigenvalue weighted by Crippen LogP contribution is 2.20. The molecule has 18 heteroatoms. The number of amides is 4. The number of aliphatic hydroxyl groups is 1. The Morgan fingerprint density at radius 2 is 1.60 bits per heavy atom. The van der Waals surface area contributed by atoms with E-state index in [0.717, 1.165) is 4.90 Å². The zero-order chi connectivity index (χ0) is 30.4. The van der Waals surface area contributed by atoms with E-state index in [1.165, 1.54) is 0 Å². The van der Waals surface area contributed by atoms with Gasteiger partial charge in [0.25, 0.3) is 0 Å². The van der Waals surface area contributed by atoms with Crippen molar-refractivity contribution in [2.75, 3.05) is 19.7 Å². The van der Waals surface area contributed by atoms with E-state index in [1.807, 2.05) is 5.32 Å². The van der Waals surface area contributed by atoms with Crippen LogP contribution in [0.5, 0.6) is 0 Å². The molecule has 40 heavy (non-hydrogen) atoms. The van der Waals surface area contributed by atoms with E-state index >= 15 is 0 Å². The molecule has 0 bridgehead atoms. The van der Waals surface area contributed by atoms with Crippen molar-refractivity contribution < 1.29 is 48.9 Å². The topological polar surface area (TPSA) is 310 Å². The van der Waals surface area contributed by atoms with Gasteiger partial charge in [0.05, 0.1) is 31.5 Å². The maximum absolute atomic E-state index is 13.2. The van der Waals surface area contributed by atoms with Gasteiger partial charge in [-0.15, -0.1) is 0 Å².